The van der Waals surface area contributed by atoms with Crippen molar-refractivity contribution in [3.05, 3.63) is 53.6 Å². The summed E-state index contributed by atoms with van der Waals surface area (Å²) >= 11 is 1.36. The van der Waals surface area contributed by atoms with Crippen molar-refractivity contribution in [2.24, 2.45) is 4.99 Å². The van der Waals surface area contributed by atoms with Gasteiger partial charge in [0.25, 0.3) is 0 Å². The van der Waals surface area contributed by atoms with Crippen LogP contribution in [0.3, 0.4) is 0 Å². The summed E-state index contributed by atoms with van der Waals surface area (Å²) < 4.78 is 5.28. The number of methoxy groups -OCH3 is 1. The Morgan fingerprint density at radius 3 is 2.73 bits per heavy atom. The minimum atomic E-state index is -0.491. The quantitative estimate of drug-likeness (QED) is 0.699. The van der Waals surface area contributed by atoms with E-state index in [1.807, 2.05) is 51.1 Å². The molecule has 1 atom stereocenters. The Kier molecular flexibility index (Phi) is 7.15. The molecule has 2 aromatic carbocycles. The van der Waals surface area contributed by atoms with Crippen LogP contribution in [0.25, 0.3) is 0 Å². The molecule has 2 aromatic rings. The largest absolute Gasteiger partial charge is 0.495 e. The molecule has 2 amide bonds. The highest BCUT2D eigenvalue weighted by Crippen LogP contribution is 2.33. The Bertz CT molecular complexity index is 974. The molecular formula is C23H27N3O3S. The monoisotopic (exact) mass is 425 g/mol. The Labute approximate surface area is 181 Å². The molecule has 1 heterocycles. The van der Waals surface area contributed by atoms with E-state index in [1.165, 1.54) is 11.8 Å². The molecule has 158 valence electrons. The van der Waals surface area contributed by atoms with Crippen molar-refractivity contribution in [1.29, 1.82) is 0 Å². The normalized spacial score (nSPS) is 17.5. The van der Waals surface area contributed by atoms with Crippen LogP contribution in [0.4, 0.5) is 11.4 Å². The molecular weight excluding hydrogens is 398 g/mol. The van der Waals surface area contributed by atoms with Crippen LogP contribution >= 0.6 is 11.8 Å². The highest BCUT2D eigenvalue weighted by molar-refractivity contribution is 8.15. The Balaban J connectivity index is 1.78. The number of hydrogen-bond acceptors (Lipinski definition) is 5. The van der Waals surface area contributed by atoms with Crippen molar-refractivity contribution in [2.45, 2.75) is 38.9 Å². The number of aryl methyl sites for hydroxylation is 2. The molecule has 0 unspecified atom stereocenters. The van der Waals surface area contributed by atoms with Gasteiger partial charge in [0.1, 0.15) is 11.0 Å². The maximum Gasteiger partial charge on any atom is 0.242 e. The smallest absolute Gasteiger partial charge is 0.242 e. The number of ether oxygens (including phenoxy) is 1. The molecule has 1 aliphatic heterocycles. The minimum absolute atomic E-state index is 0.0684. The number of benzene rings is 2. The number of hydrogen-bond donors (Lipinski definition) is 1. The number of carbonyl (C=O) groups excluding carboxylic acids is 2. The number of thioether (sulfide) groups is 1. The van der Waals surface area contributed by atoms with E-state index in [0.29, 0.717) is 23.1 Å². The lowest BCUT2D eigenvalue weighted by atomic mass is 10.1. The first-order valence-electron chi connectivity index (χ1n) is 9.99. The zero-order valence-corrected chi connectivity index (χ0v) is 18.6. The molecule has 0 aromatic heterocycles. The SMILES string of the molecule is CCCN1C(=O)[C@H](CC(=O)Nc2ccccc2OC)SC1=Nc1cc(C)ccc1C. The van der Waals surface area contributed by atoms with E-state index < -0.39 is 5.25 Å². The van der Waals surface area contributed by atoms with Crippen molar-refractivity contribution >= 4 is 40.1 Å². The summed E-state index contributed by atoms with van der Waals surface area (Å²) in [5, 5.41) is 3.02. The van der Waals surface area contributed by atoms with Crippen molar-refractivity contribution < 1.29 is 14.3 Å². The molecule has 0 aliphatic carbocycles. The zero-order valence-electron chi connectivity index (χ0n) is 17.8. The van der Waals surface area contributed by atoms with Crippen LogP contribution in [0.1, 0.15) is 30.9 Å². The lowest BCUT2D eigenvalue weighted by molar-refractivity contribution is -0.128. The molecule has 0 radical (unpaired) electrons. The molecule has 0 saturated carbocycles. The number of para-hydroxylation sites is 2. The van der Waals surface area contributed by atoms with Gasteiger partial charge in [-0.25, -0.2) is 4.99 Å². The highest BCUT2D eigenvalue weighted by atomic mass is 32.2. The van der Waals surface area contributed by atoms with Gasteiger partial charge in [0, 0.05) is 13.0 Å². The predicted molar refractivity (Wildman–Crippen MR) is 123 cm³/mol. The number of rotatable bonds is 7. The van der Waals surface area contributed by atoms with Crippen LogP contribution < -0.4 is 10.1 Å². The minimum Gasteiger partial charge on any atom is -0.495 e. The third-order valence-corrected chi connectivity index (χ3v) is 5.98. The average molecular weight is 426 g/mol. The van der Waals surface area contributed by atoms with Gasteiger partial charge in [0.05, 0.1) is 18.5 Å². The van der Waals surface area contributed by atoms with Gasteiger partial charge in [-0.05, 0) is 49.6 Å². The van der Waals surface area contributed by atoms with Crippen molar-refractivity contribution in [2.75, 3.05) is 19.0 Å². The number of amidine groups is 1. The second-order valence-corrected chi connectivity index (χ2v) is 8.40. The van der Waals surface area contributed by atoms with Crippen LogP contribution in [0.2, 0.25) is 0 Å². The maximum absolute atomic E-state index is 13.0. The second-order valence-electron chi connectivity index (χ2n) is 7.23. The molecule has 30 heavy (non-hydrogen) atoms. The van der Waals surface area contributed by atoms with E-state index >= 15 is 0 Å². The Hall–Kier alpha value is -2.80. The second kappa shape index (κ2) is 9.80. The lowest BCUT2D eigenvalue weighted by Crippen LogP contribution is -2.34. The van der Waals surface area contributed by atoms with Crippen LogP contribution in [-0.4, -0.2) is 40.8 Å². The van der Waals surface area contributed by atoms with Gasteiger partial charge in [-0.1, -0.05) is 43.0 Å². The number of nitrogens with zero attached hydrogens (tertiary/aromatic N) is 2. The fraction of sp³-hybridized carbons (Fsp3) is 0.348. The van der Waals surface area contributed by atoms with E-state index in [0.717, 1.165) is 23.2 Å². The summed E-state index contributed by atoms with van der Waals surface area (Å²) in [5.41, 5.74) is 3.61. The topological polar surface area (TPSA) is 71.0 Å². The van der Waals surface area contributed by atoms with E-state index in [-0.39, 0.29) is 18.2 Å². The molecule has 3 rings (SSSR count). The van der Waals surface area contributed by atoms with E-state index in [4.69, 9.17) is 9.73 Å². The van der Waals surface area contributed by atoms with Crippen molar-refractivity contribution in [3.8, 4) is 5.75 Å². The predicted octanol–water partition coefficient (Wildman–Crippen LogP) is 4.68. The van der Waals surface area contributed by atoms with Crippen LogP contribution in [-0.2, 0) is 9.59 Å². The summed E-state index contributed by atoms with van der Waals surface area (Å²) in [5.74, 6) is 0.289. The van der Waals surface area contributed by atoms with Gasteiger partial charge in [0.15, 0.2) is 5.17 Å². The van der Waals surface area contributed by atoms with Gasteiger partial charge in [0.2, 0.25) is 11.8 Å². The van der Waals surface area contributed by atoms with Gasteiger partial charge in [-0.2, -0.15) is 0 Å². The molecule has 1 fully saturated rings. The highest BCUT2D eigenvalue weighted by Gasteiger charge is 2.38. The summed E-state index contributed by atoms with van der Waals surface area (Å²) in [7, 11) is 1.56. The first-order chi connectivity index (χ1) is 14.4. The fourth-order valence-corrected chi connectivity index (χ4v) is 4.39. The molecule has 1 saturated heterocycles. The summed E-state index contributed by atoms with van der Waals surface area (Å²) in [6, 6.07) is 13.3. The fourth-order valence-electron chi connectivity index (χ4n) is 3.21. The number of anilines is 1. The zero-order chi connectivity index (χ0) is 21.7. The third-order valence-electron chi connectivity index (χ3n) is 4.80. The number of aliphatic imine (C=N–C) groups is 1. The van der Waals surface area contributed by atoms with E-state index in [2.05, 4.69) is 5.32 Å². The molecule has 0 bridgehead atoms. The first-order valence-corrected chi connectivity index (χ1v) is 10.9. The van der Waals surface area contributed by atoms with Crippen LogP contribution in [0, 0.1) is 13.8 Å². The number of nitrogens with one attached hydrogen (secondary N) is 1. The van der Waals surface area contributed by atoms with E-state index in [9.17, 15) is 9.59 Å². The number of carbonyl (C=O) groups is 2. The maximum atomic E-state index is 13.0. The van der Waals surface area contributed by atoms with Crippen molar-refractivity contribution in [3.63, 3.8) is 0 Å². The summed E-state index contributed by atoms with van der Waals surface area (Å²) in [6.45, 7) is 6.63. The Morgan fingerprint density at radius 1 is 1.23 bits per heavy atom. The third kappa shape index (κ3) is 5.02. The summed E-state index contributed by atoms with van der Waals surface area (Å²) in [4.78, 5) is 32.1. The van der Waals surface area contributed by atoms with Crippen LogP contribution in [0.15, 0.2) is 47.5 Å². The first kappa shape index (κ1) is 21.9. The van der Waals surface area contributed by atoms with Crippen LogP contribution in [0.5, 0.6) is 5.75 Å². The van der Waals surface area contributed by atoms with Crippen molar-refractivity contribution in [1.82, 2.24) is 4.90 Å². The molecule has 1 aliphatic rings. The molecule has 0 spiro atoms. The lowest BCUT2D eigenvalue weighted by Gasteiger charge is -2.15. The summed E-state index contributed by atoms with van der Waals surface area (Å²) in [6.07, 6.45) is 0.895. The van der Waals surface area contributed by atoms with Gasteiger partial charge >= 0.3 is 0 Å². The molecule has 1 N–H and O–H groups in total. The van der Waals surface area contributed by atoms with E-state index in [1.54, 1.807) is 24.1 Å². The van der Waals surface area contributed by atoms with Gasteiger partial charge in [-0.15, -0.1) is 0 Å². The van der Waals surface area contributed by atoms with Gasteiger partial charge < -0.3 is 10.1 Å². The molecule has 7 heteroatoms. The standard InChI is InChI=1S/C23H27N3O3S/c1-5-12-26-22(28)20(14-21(27)24-17-8-6-7-9-19(17)29-4)30-23(26)25-18-13-15(2)10-11-16(18)3/h6-11,13,20H,5,12,14H2,1-4H3,(H,24,27)/t20-/m0/s1. The number of amides is 2. The van der Waals surface area contributed by atoms with Gasteiger partial charge in [-0.3, -0.25) is 14.5 Å². The Morgan fingerprint density at radius 2 is 2.00 bits per heavy atom. The molecule has 6 nitrogen and oxygen atoms in total. The average Bonchev–Trinajstić information content (AvgIpc) is 3.00.